The van der Waals surface area contributed by atoms with Crippen molar-refractivity contribution in [2.45, 2.75) is 18.9 Å². The van der Waals surface area contributed by atoms with Gasteiger partial charge in [-0.25, -0.2) is 4.39 Å². The van der Waals surface area contributed by atoms with Crippen LogP contribution in [0, 0.1) is 5.82 Å². The first-order valence-corrected chi connectivity index (χ1v) is 8.63. The Morgan fingerprint density at radius 3 is 2.54 bits per heavy atom. The van der Waals surface area contributed by atoms with Gasteiger partial charge < -0.3 is 15.4 Å². The summed E-state index contributed by atoms with van der Waals surface area (Å²) in [5.74, 6) is 0.958. The summed E-state index contributed by atoms with van der Waals surface area (Å²) >= 11 is 0. The van der Waals surface area contributed by atoms with Gasteiger partial charge in [-0.05, 0) is 36.4 Å². The topological polar surface area (TPSA) is 80.1 Å². The Bertz CT molecular complexity index is 872. The van der Waals surface area contributed by atoms with Gasteiger partial charge in [-0.2, -0.15) is 10.3 Å². The van der Waals surface area contributed by atoms with E-state index in [1.165, 1.54) is 12.1 Å². The fourth-order valence-electron chi connectivity index (χ4n) is 3.24. The number of aromatic amines is 1. The molecule has 0 bridgehead atoms. The molecule has 6 nitrogen and oxygen atoms in total. The predicted octanol–water partition coefficient (Wildman–Crippen LogP) is 3.24. The number of benzene rings is 2. The van der Waals surface area contributed by atoms with Crippen molar-refractivity contribution in [3.05, 3.63) is 54.3 Å². The molecule has 1 aromatic heterocycles. The van der Waals surface area contributed by atoms with E-state index in [2.05, 4.69) is 20.3 Å². The van der Waals surface area contributed by atoms with E-state index in [-0.39, 0.29) is 11.9 Å². The summed E-state index contributed by atoms with van der Waals surface area (Å²) in [5.41, 5.74) is 8.36. The van der Waals surface area contributed by atoms with Crippen LogP contribution in [0.3, 0.4) is 0 Å². The Labute approximate surface area is 150 Å². The second kappa shape index (κ2) is 7.03. The molecule has 4 rings (SSSR count). The molecule has 2 heterocycles. The third-order valence-electron chi connectivity index (χ3n) is 4.62. The van der Waals surface area contributed by atoms with Crippen molar-refractivity contribution in [1.82, 2.24) is 15.4 Å². The third kappa shape index (κ3) is 3.46. The molecule has 1 saturated heterocycles. The molecular formula is C19H20FN5O. The van der Waals surface area contributed by atoms with Crippen LogP contribution in [0.1, 0.15) is 12.8 Å². The number of aromatic nitrogens is 3. The first-order chi connectivity index (χ1) is 12.7. The van der Waals surface area contributed by atoms with E-state index < -0.39 is 0 Å². The minimum Gasteiger partial charge on any atom is -0.490 e. The summed E-state index contributed by atoms with van der Waals surface area (Å²) in [5, 5.41) is 10.5. The highest BCUT2D eigenvalue weighted by atomic mass is 19.1. The van der Waals surface area contributed by atoms with E-state index in [0.717, 1.165) is 42.9 Å². The Hall–Kier alpha value is -3.09. The fourth-order valence-corrected chi connectivity index (χ4v) is 3.24. The molecule has 1 aliphatic rings. The third-order valence-corrected chi connectivity index (χ3v) is 4.62. The molecule has 0 aliphatic carbocycles. The Balaban J connectivity index is 1.39. The first-order valence-electron chi connectivity index (χ1n) is 8.63. The van der Waals surface area contributed by atoms with Crippen LogP contribution in [0.4, 0.5) is 15.9 Å². The summed E-state index contributed by atoms with van der Waals surface area (Å²) in [7, 11) is 0. The van der Waals surface area contributed by atoms with Crippen LogP contribution in [0.25, 0.3) is 11.3 Å². The Kier molecular flexibility index (Phi) is 4.43. The van der Waals surface area contributed by atoms with Crippen LogP contribution in [0.15, 0.2) is 48.5 Å². The molecule has 1 fully saturated rings. The van der Waals surface area contributed by atoms with Gasteiger partial charge in [0.1, 0.15) is 23.4 Å². The number of nitrogen functional groups attached to an aromatic ring is 1. The first kappa shape index (κ1) is 16.4. The maximum absolute atomic E-state index is 13.1. The number of anilines is 2. The molecule has 0 atom stereocenters. The number of H-pyrrole nitrogens is 1. The average Bonchev–Trinajstić information content (AvgIpc) is 3.09. The lowest BCUT2D eigenvalue weighted by Gasteiger charge is -2.33. The normalized spacial score (nSPS) is 15.2. The van der Waals surface area contributed by atoms with Crippen LogP contribution in [0.2, 0.25) is 0 Å². The smallest absolute Gasteiger partial charge is 0.173 e. The highest BCUT2D eigenvalue weighted by Crippen LogP contribution is 2.28. The van der Waals surface area contributed by atoms with Gasteiger partial charge in [0.05, 0.1) is 0 Å². The fraction of sp³-hybridized carbons (Fsp3) is 0.263. The monoisotopic (exact) mass is 353 g/mol. The summed E-state index contributed by atoms with van der Waals surface area (Å²) in [6.07, 6.45) is 1.97. The van der Waals surface area contributed by atoms with Crippen LogP contribution >= 0.6 is 0 Å². The van der Waals surface area contributed by atoms with Gasteiger partial charge in [-0.15, -0.1) is 5.10 Å². The van der Waals surface area contributed by atoms with Crippen LogP contribution in [0.5, 0.6) is 5.75 Å². The van der Waals surface area contributed by atoms with E-state index in [1.807, 2.05) is 36.4 Å². The zero-order valence-corrected chi connectivity index (χ0v) is 14.2. The zero-order chi connectivity index (χ0) is 17.9. The van der Waals surface area contributed by atoms with Crippen LogP contribution in [-0.2, 0) is 0 Å². The number of piperidine rings is 1. The molecule has 0 radical (unpaired) electrons. The number of nitrogens with zero attached hydrogens (tertiary/aromatic N) is 3. The molecule has 0 unspecified atom stereocenters. The molecule has 7 heteroatoms. The summed E-state index contributed by atoms with van der Waals surface area (Å²) < 4.78 is 19.2. The summed E-state index contributed by atoms with van der Waals surface area (Å²) in [4.78, 5) is 2.26. The number of nitrogens with one attached hydrogen (secondary N) is 1. The maximum Gasteiger partial charge on any atom is 0.173 e. The molecule has 2 aromatic carbocycles. The highest BCUT2D eigenvalue weighted by molar-refractivity contribution is 5.70. The zero-order valence-electron chi connectivity index (χ0n) is 14.2. The SMILES string of the molecule is Nc1n[nH]nc1-c1cccc(OC2CCN(c3ccc(F)cc3)CC2)c1. The van der Waals surface area contributed by atoms with Crippen molar-refractivity contribution in [2.24, 2.45) is 0 Å². The lowest BCUT2D eigenvalue weighted by molar-refractivity contribution is 0.171. The van der Waals surface area contributed by atoms with Gasteiger partial charge in [0.2, 0.25) is 0 Å². The second-order valence-corrected chi connectivity index (χ2v) is 6.37. The van der Waals surface area contributed by atoms with E-state index >= 15 is 0 Å². The van der Waals surface area contributed by atoms with Gasteiger partial charge in [-0.1, -0.05) is 12.1 Å². The molecule has 0 saturated carbocycles. The van der Waals surface area contributed by atoms with E-state index in [4.69, 9.17) is 10.5 Å². The van der Waals surface area contributed by atoms with Crippen molar-refractivity contribution >= 4 is 11.5 Å². The maximum atomic E-state index is 13.1. The van der Waals surface area contributed by atoms with Crippen molar-refractivity contribution in [3.8, 4) is 17.0 Å². The van der Waals surface area contributed by atoms with Gasteiger partial charge >= 0.3 is 0 Å². The number of halogens is 1. The Morgan fingerprint density at radius 1 is 1.08 bits per heavy atom. The number of rotatable bonds is 4. The van der Waals surface area contributed by atoms with Crippen molar-refractivity contribution < 1.29 is 9.13 Å². The molecule has 26 heavy (non-hydrogen) atoms. The number of ether oxygens (including phenoxy) is 1. The molecule has 0 amide bonds. The molecule has 1 aliphatic heterocycles. The lowest BCUT2D eigenvalue weighted by Crippen LogP contribution is -2.38. The van der Waals surface area contributed by atoms with E-state index in [9.17, 15) is 4.39 Å². The molecule has 134 valence electrons. The minimum atomic E-state index is -0.209. The quantitative estimate of drug-likeness (QED) is 0.753. The van der Waals surface area contributed by atoms with Crippen molar-refractivity contribution in [2.75, 3.05) is 23.7 Å². The predicted molar refractivity (Wildman–Crippen MR) is 98.5 cm³/mol. The average molecular weight is 353 g/mol. The summed E-state index contributed by atoms with van der Waals surface area (Å²) in [6.45, 7) is 1.76. The number of hydrogen-bond donors (Lipinski definition) is 2. The molecule has 3 aromatic rings. The van der Waals surface area contributed by atoms with Crippen molar-refractivity contribution in [3.63, 3.8) is 0 Å². The largest absolute Gasteiger partial charge is 0.490 e. The summed E-state index contributed by atoms with van der Waals surface area (Å²) in [6, 6.07) is 14.4. The van der Waals surface area contributed by atoms with E-state index in [1.54, 1.807) is 0 Å². The molecule has 3 N–H and O–H groups in total. The van der Waals surface area contributed by atoms with Gasteiger partial charge in [0.15, 0.2) is 5.82 Å². The minimum absolute atomic E-state index is 0.150. The molecular weight excluding hydrogens is 333 g/mol. The van der Waals surface area contributed by atoms with Gasteiger partial charge in [-0.3, -0.25) is 0 Å². The van der Waals surface area contributed by atoms with Crippen LogP contribution < -0.4 is 15.4 Å². The Morgan fingerprint density at radius 2 is 1.85 bits per heavy atom. The van der Waals surface area contributed by atoms with Crippen LogP contribution in [-0.4, -0.2) is 34.6 Å². The molecule has 0 spiro atoms. The van der Waals surface area contributed by atoms with Crippen molar-refractivity contribution in [1.29, 1.82) is 0 Å². The second-order valence-electron chi connectivity index (χ2n) is 6.37. The standard InChI is InChI=1S/C19H20FN5O/c20-14-4-6-15(7-5-14)25-10-8-16(9-11-25)26-17-3-1-2-13(12-17)18-19(21)23-24-22-18/h1-7,12,16H,8-11H2,(H3,21,22,23,24). The van der Waals surface area contributed by atoms with Gasteiger partial charge in [0.25, 0.3) is 0 Å². The highest BCUT2D eigenvalue weighted by Gasteiger charge is 2.21. The lowest BCUT2D eigenvalue weighted by atomic mass is 10.1. The van der Waals surface area contributed by atoms with Gasteiger partial charge in [0, 0.05) is 37.2 Å². The van der Waals surface area contributed by atoms with E-state index in [0.29, 0.717) is 11.5 Å². The number of nitrogens with two attached hydrogens (primary N) is 1. The number of hydrogen-bond acceptors (Lipinski definition) is 5.